The van der Waals surface area contributed by atoms with Gasteiger partial charge in [-0.1, -0.05) is 12.1 Å². The Labute approximate surface area is 166 Å². The maximum atomic E-state index is 12.9. The fourth-order valence-corrected chi connectivity index (χ4v) is 2.83. The molecule has 150 valence electrons. The summed E-state index contributed by atoms with van der Waals surface area (Å²) in [6, 6.07) is 11.5. The van der Waals surface area contributed by atoms with E-state index in [0.29, 0.717) is 11.3 Å². The molecular formula is C21H19FN2O5. The van der Waals surface area contributed by atoms with Gasteiger partial charge in [-0.2, -0.15) is 0 Å². The number of halogens is 1. The molecule has 0 unspecified atom stereocenters. The van der Waals surface area contributed by atoms with Crippen LogP contribution in [0.1, 0.15) is 35.7 Å². The van der Waals surface area contributed by atoms with Gasteiger partial charge in [0.1, 0.15) is 5.82 Å². The van der Waals surface area contributed by atoms with E-state index in [1.54, 1.807) is 12.1 Å². The van der Waals surface area contributed by atoms with Gasteiger partial charge in [-0.3, -0.25) is 19.3 Å². The Kier molecular flexibility index (Phi) is 6.01. The molecule has 1 heterocycles. The Hall–Kier alpha value is -3.55. The lowest BCUT2D eigenvalue weighted by atomic mass is 10.2. The Balaban J connectivity index is 1.54. The Morgan fingerprint density at radius 2 is 1.62 bits per heavy atom. The third-order valence-electron chi connectivity index (χ3n) is 4.45. The van der Waals surface area contributed by atoms with E-state index in [1.165, 1.54) is 43.3 Å². The smallest absolute Gasteiger partial charge is 0.338 e. The van der Waals surface area contributed by atoms with Crippen molar-refractivity contribution in [2.75, 3.05) is 4.90 Å². The Morgan fingerprint density at radius 3 is 2.21 bits per heavy atom. The summed E-state index contributed by atoms with van der Waals surface area (Å²) in [6.07, 6.45) is -0.690. The minimum atomic E-state index is -1.04. The summed E-state index contributed by atoms with van der Waals surface area (Å²) in [7, 11) is 0. The van der Waals surface area contributed by atoms with Gasteiger partial charge in [0.25, 0.3) is 5.91 Å². The summed E-state index contributed by atoms with van der Waals surface area (Å²) in [5, 5.41) is 2.61. The molecule has 0 aliphatic carbocycles. The van der Waals surface area contributed by atoms with Crippen LogP contribution in [0.15, 0.2) is 48.5 Å². The molecule has 0 radical (unpaired) electrons. The number of hydrogen-bond donors (Lipinski definition) is 1. The molecule has 2 aromatic carbocycles. The van der Waals surface area contributed by atoms with Crippen LogP contribution in [0.3, 0.4) is 0 Å². The van der Waals surface area contributed by atoms with E-state index >= 15 is 0 Å². The van der Waals surface area contributed by atoms with Gasteiger partial charge in [0.2, 0.25) is 11.8 Å². The first-order valence-electron chi connectivity index (χ1n) is 9.04. The molecule has 1 fully saturated rings. The van der Waals surface area contributed by atoms with Crippen LogP contribution in [0.4, 0.5) is 10.1 Å². The normalized spacial score (nSPS) is 14.6. The molecule has 1 aliphatic heterocycles. The highest BCUT2D eigenvalue weighted by Gasteiger charge is 2.30. The van der Waals surface area contributed by atoms with Crippen LogP contribution in [0, 0.1) is 5.82 Å². The summed E-state index contributed by atoms with van der Waals surface area (Å²) >= 11 is 0. The van der Waals surface area contributed by atoms with Crippen LogP contribution in [-0.2, 0) is 25.7 Å². The minimum absolute atomic E-state index is 0.174. The van der Waals surface area contributed by atoms with E-state index in [-0.39, 0.29) is 42.6 Å². The number of carbonyl (C=O) groups excluding carboxylic acids is 4. The third kappa shape index (κ3) is 4.84. The molecule has 1 atom stereocenters. The number of anilines is 1. The summed E-state index contributed by atoms with van der Waals surface area (Å²) in [4.78, 5) is 48.9. The first kappa shape index (κ1) is 20.2. The van der Waals surface area contributed by atoms with Crippen molar-refractivity contribution in [3.8, 4) is 0 Å². The van der Waals surface area contributed by atoms with Crippen molar-refractivity contribution in [3.63, 3.8) is 0 Å². The lowest BCUT2D eigenvalue weighted by molar-refractivity contribution is -0.129. The molecule has 8 heteroatoms. The molecule has 3 rings (SSSR count). The van der Waals surface area contributed by atoms with E-state index in [0.717, 1.165) is 4.90 Å². The molecule has 2 aromatic rings. The Morgan fingerprint density at radius 1 is 1.03 bits per heavy atom. The number of esters is 1. The van der Waals surface area contributed by atoms with Crippen LogP contribution < -0.4 is 10.2 Å². The van der Waals surface area contributed by atoms with Gasteiger partial charge in [-0.15, -0.1) is 0 Å². The molecule has 1 N–H and O–H groups in total. The summed E-state index contributed by atoms with van der Waals surface area (Å²) in [5.41, 5.74) is 1.28. The van der Waals surface area contributed by atoms with Crippen molar-refractivity contribution in [2.45, 2.75) is 32.4 Å². The largest absolute Gasteiger partial charge is 0.449 e. The zero-order valence-corrected chi connectivity index (χ0v) is 15.7. The number of amides is 3. The fourth-order valence-electron chi connectivity index (χ4n) is 2.83. The van der Waals surface area contributed by atoms with Crippen LogP contribution in [0.2, 0.25) is 0 Å². The number of nitrogens with one attached hydrogen (secondary N) is 1. The van der Waals surface area contributed by atoms with Crippen molar-refractivity contribution in [2.24, 2.45) is 0 Å². The summed E-state index contributed by atoms with van der Waals surface area (Å²) < 4.78 is 18.0. The van der Waals surface area contributed by atoms with Crippen LogP contribution in [-0.4, -0.2) is 29.8 Å². The lowest BCUT2D eigenvalue weighted by Crippen LogP contribution is -2.35. The molecule has 3 amide bonds. The van der Waals surface area contributed by atoms with Crippen LogP contribution in [0.25, 0.3) is 0 Å². The number of imide groups is 1. The van der Waals surface area contributed by atoms with Crippen molar-refractivity contribution in [1.82, 2.24) is 5.32 Å². The third-order valence-corrected chi connectivity index (χ3v) is 4.45. The maximum absolute atomic E-state index is 12.9. The number of hydrogen-bond acceptors (Lipinski definition) is 5. The second-order valence-electron chi connectivity index (χ2n) is 6.56. The minimum Gasteiger partial charge on any atom is -0.449 e. The Bertz CT molecular complexity index is 925. The molecule has 1 aliphatic rings. The van der Waals surface area contributed by atoms with Crippen molar-refractivity contribution in [1.29, 1.82) is 0 Å². The highest BCUT2D eigenvalue weighted by Crippen LogP contribution is 2.23. The summed E-state index contributed by atoms with van der Waals surface area (Å²) in [5.74, 6) is -2.13. The van der Waals surface area contributed by atoms with Crippen LogP contribution in [0.5, 0.6) is 0 Å². The van der Waals surface area contributed by atoms with Crippen molar-refractivity contribution in [3.05, 3.63) is 65.5 Å². The van der Waals surface area contributed by atoms with Crippen LogP contribution >= 0.6 is 0 Å². The van der Waals surface area contributed by atoms with Gasteiger partial charge in [-0.05, 0) is 48.9 Å². The second-order valence-corrected chi connectivity index (χ2v) is 6.56. The monoisotopic (exact) mass is 398 g/mol. The zero-order valence-electron chi connectivity index (χ0n) is 15.7. The molecule has 0 bridgehead atoms. The maximum Gasteiger partial charge on any atom is 0.338 e. The second kappa shape index (κ2) is 8.64. The number of ether oxygens (including phenoxy) is 1. The molecule has 7 nitrogen and oxygen atoms in total. The zero-order chi connectivity index (χ0) is 21.0. The van der Waals surface area contributed by atoms with E-state index in [4.69, 9.17) is 4.74 Å². The fraction of sp³-hybridized carbons (Fsp3) is 0.238. The molecule has 1 saturated heterocycles. The average molecular weight is 398 g/mol. The first-order chi connectivity index (χ1) is 13.8. The molecule has 0 saturated carbocycles. The van der Waals surface area contributed by atoms with Gasteiger partial charge >= 0.3 is 5.97 Å². The highest BCUT2D eigenvalue weighted by atomic mass is 19.1. The predicted octanol–water partition coefficient (Wildman–Crippen LogP) is 2.34. The standard InChI is InChI=1S/C21H19FN2O5/c1-13(20(27)23-12-14-2-6-16(22)7-3-14)29-21(28)15-4-8-17(9-5-15)24-18(25)10-11-19(24)26/h2-9,13H,10-12H2,1H3,(H,23,27)/t13-/m0/s1. The van der Waals surface area contributed by atoms with Gasteiger partial charge < -0.3 is 10.1 Å². The predicted molar refractivity (Wildman–Crippen MR) is 101 cm³/mol. The topological polar surface area (TPSA) is 92.8 Å². The molecule has 0 aromatic heterocycles. The number of benzene rings is 2. The molecule has 0 spiro atoms. The molecular weight excluding hydrogens is 379 g/mol. The van der Waals surface area contributed by atoms with Crippen molar-refractivity contribution >= 4 is 29.4 Å². The van der Waals surface area contributed by atoms with E-state index in [1.807, 2.05) is 0 Å². The number of nitrogens with zero attached hydrogens (tertiary/aromatic N) is 1. The lowest BCUT2D eigenvalue weighted by Gasteiger charge is -2.15. The SMILES string of the molecule is C[C@H](OC(=O)c1ccc(N2C(=O)CCC2=O)cc1)C(=O)NCc1ccc(F)cc1. The van der Waals surface area contributed by atoms with E-state index in [9.17, 15) is 23.6 Å². The van der Waals surface area contributed by atoms with Crippen molar-refractivity contribution < 1.29 is 28.3 Å². The van der Waals surface area contributed by atoms with Gasteiger partial charge in [0.05, 0.1) is 11.3 Å². The average Bonchev–Trinajstić information content (AvgIpc) is 3.05. The number of rotatable bonds is 6. The van der Waals surface area contributed by atoms with Gasteiger partial charge in [0, 0.05) is 19.4 Å². The van der Waals surface area contributed by atoms with E-state index < -0.39 is 18.0 Å². The van der Waals surface area contributed by atoms with E-state index in [2.05, 4.69) is 5.32 Å². The highest BCUT2D eigenvalue weighted by molar-refractivity contribution is 6.19. The van der Waals surface area contributed by atoms with Gasteiger partial charge in [0.15, 0.2) is 6.10 Å². The molecule has 29 heavy (non-hydrogen) atoms. The quantitative estimate of drug-likeness (QED) is 0.596. The number of carbonyl (C=O) groups is 4. The first-order valence-corrected chi connectivity index (χ1v) is 9.04. The van der Waals surface area contributed by atoms with Gasteiger partial charge in [-0.25, -0.2) is 9.18 Å². The summed E-state index contributed by atoms with van der Waals surface area (Å²) in [6.45, 7) is 1.61.